The van der Waals surface area contributed by atoms with Gasteiger partial charge in [-0.1, -0.05) is 6.07 Å². The minimum atomic E-state index is -2.92. The summed E-state index contributed by atoms with van der Waals surface area (Å²) >= 11 is 0. The van der Waals surface area contributed by atoms with Gasteiger partial charge in [-0.2, -0.15) is 8.78 Å². The molecule has 1 aromatic carbocycles. The Morgan fingerprint density at radius 3 is 2.78 bits per heavy atom. The van der Waals surface area contributed by atoms with Gasteiger partial charge >= 0.3 is 6.61 Å². The maximum absolute atomic E-state index is 12.3. The molecular weight excluding hydrogens is 246 g/mol. The van der Waals surface area contributed by atoms with Crippen molar-refractivity contribution >= 4 is 6.02 Å². The Kier molecular flexibility index (Phi) is 3.50. The molecule has 7 heteroatoms. The minimum Gasteiger partial charge on any atom is -0.493 e. The van der Waals surface area contributed by atoms with E-state index in [0.717, 1.165) is 0 Å². The van der Waals surface area contributed by atoms with Crippen molar-refractivity contribution in [3.05, 3.63) is 23.8 Å². The second-order valence-corrected chi connectivity index (χ2v) is 3.57. The van der Waals surface area contributed by atoms with Gasteiger partial charge in [-0.15, -0.1) is 0 Å². The average Bonchev–Trinajstić information content (AvgIpc) is 2.75. The molecule has 98 valence electrons. The van der Waals surface area contributed by atoms with Crippen LogP contribution in [-0.4, -0.2) is 26.3 Å². The molecule has 1 unspecified atom stereocenters. The first-order chi connectivity index (χ1) is 8.60. The number of ether oxygens (including phenoxy) is 3. The summed E-state index contributed by atoms with van der Waals surface area (Å²) < 4.78 is 39.1. The Morgan fingerprint density at radius 1 is 1.44 bits per heavy atom. The van der Waals surface area contributed by atoms with E-state index in [1.54, 1.807) is 6.07 Å². The molecule has 0 aromatic heterocycles. The van der Waals surface area contributed by atoms with Gasteiger partial charge in [-0.05, 0) is 17.7 Å². The smallest absolute Gasteiger partial charge is 0.387 e. The maximum Gasteiger partial charge on any atom is 0.387 e. The fraction of sp³-hybridized carbons (Fsp3) is 0.364. The van der Waals surface area contributed by atoms with E-state index in [4.69, 9.17) is 15.2 Å². The van der Waals surface area contributed by atoms with Gasteiger partial charge in [0, 0.05) is 0 Å². The number of hydrogen-bond acceptors (Lipinski definition) is 5. The van der Waals surface area contributed by atoms with E-state index in [-0.39, 0.29) is 23.6 Å². The van der Waals surface area contributed by atoms with Crippen molar-refractivity contribution in [2.24, 2.45) is 10.7 Å². The molecule has 1 aliphatic heterocycles. The summed E-state index contributed by atoms with van der Waals surface area (Å²) in [5.74, 6) is 0.185. The summed E-state index contributed by atoms with van der Waals surface area (Å²) in [4.78, 5) is 3.88. The SMILES string of the molecule is COc1ccc(C2CN=C(N)O2)cc1OC(F)F. The molecule has 2 rings (SSSR count). The van der Waals surface area contributed by atoms with Gasteiger partial charge in [0.05, 0.1) is 13.7 Å². The van der Waals surface area contributed by atoms with E-state index in [9.17, 15) is 8.78 Å². The number of amidine groups is 1. The molecule has 0 radical (unpaired) electrons. The lowest BCUT2D eigenvalue weighted by Crippen LogP contribution is -2.13. The second kappa shape index (κ2) is 5.07. The highest BCUT2D eigenvalue weighted by Gasteiger charge is 2.22. The first-order valence-electron chi connectivity index (χ1n) is 5.19. The van der Waals surface area contributed by atoms with E-state index in [1.165, 1.54) is 19.2 Å². The number of rotatable bonds is 4. The van der Waals surface area contributed by atoms with Crippen LogP contribution < -0.4 is 15.2 Å². The van der Waals surface area contributed by atoms with Gasteiger partial charge in [0.1, 0.15) is 6.10 Å². The van der Waals surface area contributed by atoms with Crippen LogP contribution in [0.2, 0.25) is 0 Å². The summed E-state index contributed by atoms with van der Waals surface area (Å²) in [6, 6.07) is 4.75. The van der Waals surface area contributed by atoms with Crippen molar-refractivity contribution in [2.45, 2.75) is 12.7 Å². The van der Waals surface area contributed by atoms with E-state index in [1.807, 2.05) is 0 Å². The van der Waals surface area contributed by atoms with Gasteiger partial charge in [0.25, 0.3) is 6.02 Å². The van der Waals surface area contributed by atoms with Crippen LogP contribution in [-0.2, 0) is 4.74 Å². The number of benzene rings is 1. The summed E-state index contributed by atoms with van der Waals surface area (Å²) in [5, 5.41) is 0. The van der Waals surface area contributed by atoms with Crippen LogP contribution in [0, 0.1) is 0 Å². The Hall–Kier alpha value is -2.05. The molecule has 2 N–H and O–H groups in total. The molecule has 0 spiro atoms. The van der Waals surface area contributed by atoms with Crippen molar-refractivity contribution in [3.63, 3.8) is 0 Å². The molecule has 0 saturated heterocycles. The maximum atomic E-state index is 12.3. The van der Waals surface area contributed by atoms with E-state index < -0.39 is 6.61 Å². The first-order valence-corrected chi connectivity index (χ1v) is 5.19. The molecule has 1 heterocycles. The number of aliphatic imine (C=N–C) groups is 1. The monoisotopic (exact) mass is 258 g/mol. The number of alkyl halides is 2. The van der Waals surface area contributed by atoms with Crippen molar-refractivity contribution in [1.29, 1.82) is 0 Å². The molecule has 5 nitrogen and oxygen atoms in total. The van der Waals surface area contributed by atoms with E-state index >= 15 is 0 Å². The third-order valence-electron chi connectivity index (χ3n) is 2.45. The third-order valence-corrected chi connectivity index (χ3v) is 2.45. The molecule has 0 fully saturated rings. The molecule has 0 aliphatic carbocycles. The zero-order valence-corrected chi connectivity index (χ0v) is 9.60. The van der Waals surface area contributed by atoms with Crippen LogP contribution in [0.4, 0.5) is 8.78 Å². The fourth-order valence-electron chi connectivity index (χ4n) is 1.65. The van der Waals surface area contributed by atoms with Crippen molar-refractivity contribution in [2.75, 3.05) is 13.7 Å². The van der Waals surface area contributed by atoms with Gasteiger partial charge in [0.2, 0.25) is 0 Å². The number of nitrogens with zero attached hydrogens (tertiary/aromatic N) is 1. The lowest BCUT2D eigenvalue weighted by Gasteiger charge is -2.14. The third kappa shape index (κ3) is 2.61. The lowest BCUT2D eigenvalue weighted by molar-refractivity contribution is -0.0513. The van der Waals surface area contributed by atoms with Gasteiger partial charge < -0.3 is 19.9 Å². The Morgan fingerprint density at radius 2 is 2.22 bits per heavy atom. The summed E-state index contributed by atoms with van der Waals surface area (Å²) in [7, 11) is 1.38. The number of hydrogen-bond donors (Lipinski definition) is 1. The molecule has 0 amide bonds. The minimum absolute atomic E-state index is 0.0425. The van der Waals surface area contributed by atoms with E-state index in [0.29, 0.717) is 12.1 Å². The fourth-order valence-corrected chi connectivity index (χ4v) is 1.65. The highest BCUT2D eigenvalue weighted by atomic mass is 19.3. The van der Waals surface area contributed by atoms with Crippen LogP contribution >= 0.6 is 0 Å². The Bertz CT molecular complexity index is 466. The zero-order valence-electron chi connectivity index (χ0n) is 9.60. The molecular formula is C11H12F2N2O3. The summed E-state index contributed by atoms with van der Waals surface area (Å²) in [5.41, 5.74) is 6.04. The predicted molar refractivity (Wildman–Crippen MR) is 59.9 cm³/mol. The van der Waals surface area contributed by atoms with Crippen molar-refractivity contribution < 1.29 is 23.0 Å². The highest BCUT2D eigenvalue weighted by Crippen LogP contribution is 2.33. The van der Waals surface area contributed by atoms with Crippen molar-refractivity contribution in [3.8, 4) is 11.5 Å². The van der Waals surface area contributed by atoms with Gasteiger partial charge in [0.15, 0.2) is 11.5 Å². The highest BCUT2D eigenvalue weighted by molar-refractivity contribution is 5.73. The van der Waals surface area contributed by atoms with Crippen LogP contribution in [0.1, 0.15) is 11.7 Å². The lowest BCUT2D eigenvalue weighted by atomic mass is 10.1. The molecule has 0 saturated carbocycles. The topological polar surface area (TPSA) is 66.1 Å². The first kappa shape index (κ1) is 12.4. The Labute approximate surface area is 102 Å². The molecule has 18 heavy (non-hydrogen) atoms. The average molecular weight is 258 g/mol. The molecule has 1 aliphatic rings. The standard InChI is InChI=1S/C11H12F2N2O3/c1-16-7-3-2-6(4-8(7)17-10(12)13)9-5-15-11(14)18-9/h2-4,9-10H,5H2,1H3,(H2,14,15). The normalized spacial score (nSPS) is 18.4. The number of methoxy groups -OCH3 is 1. The van der Waals surface area contributed by atoms with Crippen LogP contribution in [0.15, 0.2) is 23.2 Å². The van der Waals surface area contributed by atoms with Crippen LogP contribution in [0.25, 0.3) is 0 Å². The van der Waals surface area contributed by atoms with Crippen molar-refractivity contribution in [1.82, 2.24) is 0 Å². The van der Waals surface area contributed by atoms with Crippen LogP contribution in [0.3, 0.4) is 0 Å². The predicted octanol–water partition coefficient (Wildman–Crippen LogP) is 1.68. The summed E-state index contributed by atoms with van der Waals surface area (Å²) in [6.07, 6.45) is -0.379. The van der Waals surface area contributed by atoms with Gasteiger partial charge in [-0.25, -0.2) is 4.99 Å². The number of halogens is 2. The van der Waals surface area contributed by atoms with E-state index in [2.05, 4.69) is 9.73 Å². The summed E-state index contributed by atoms with van der Waals surface area (Å²) in [6.45, 7) is -2.56. The largest absolute Gasteiger partial charge is 0.493 e. The molecule has 1 atom stereocenters. The second-order valence-electron chi connectivity index (χ2n) is 3.57. The van der Waals surface area contributed by atoms with Gasteiger partial charge in [-0.3, -0.25) is 0 Å². The van der Waals surface area contributed by atoms with Crippen LogP contribution in [0.5, 0.6) is 11.5 Å². The zero-order chi connectivity index (χ0) is 13.1. The Balaban J connectivity index is 2.22. The molecule has 1 aromatic rings. The molecule has 0 bridgehead atoms. The number of nitrogens with two attached hydrogens (primary N) is 1. The quantitative estimate of drug-likeness (QED) is 0.892.